The molecule has 2 saturated heterocycles. The number of fused-ring (bicyclic) bond motifs is 2. The number of amides is 4. The van der Waals surface area contributed by atoms with Gasteiger partial charge in [0.1, 0.15) is 24.6 Å². The number of alkyl halides is 2. The lowest BCUT2D eigenvalue weighted by Crippen LogP contribution is -2.66. The number of allylic oxidation sites excluding steroid dienone is 2. The SMILES string of the molecule is C=CCN(C(=O)NCC1=CC(Cl)C(Cl)C=C1)N1CC(=O)N2[C@@H](Cc3ccc(OCCO)cc3)C(=O)N(Cc3cccc4ccccc34)C[C@@H]21. The number of halogens is 2. The number of aliphatic hydroxyl groups is 1. The first-order valence-electron chi connectivity index (χ1n) is 16.3. The zero-order chi connectivity index (χ0) is 34.5. The maximum Gasteiger partial charge on any atom is 0.332 e. The van der Waals surface area contributed by atoms with Gasteiger partial charge in [-0.2, -0.15) is 5.01 Å². The highest BCUT2D eigenvalue weighted by Gasteiger charge is 2.52. The first kappa shape index (κ1) is 34.5. The molecule has 0 bridgehead atoms. The minimum Gasteiger partial charge on any atom is -0.491 e. The molecule has 1 aliphatic carbocycles. The Hall–Kier alpha value is -4.35. The molecular weight excluding hydrogens is 665 g/mol. The molecular formula is C37H39Cl2N5O5. The van der Waals surface area contributed by atoms with Crippen molar-refractivity contribution in [3.05, 3.63) is 114 Å². The summed E-state index contributed by atoms with van der Waals surface area (Å²) in [6.07, 6.45) is 6.73. The molecule has 0 aromatic heterocycles. The van der Waals surface area contributed by atoms with Crippen molar-refractivity contribution in [1.29, 1.82) is 0 Å². The van der Waals surface area contributed by atoms with Crippen molar-refractivity contribution >= 4 is 51.8 Å². The quantitative estimate of drug-likeness (QED) is 0.213. The Morgan fingerprint density at radius 3 is 2.59 bits per heavy atom. The number of carbonyl (C=O) groups is 3. The number of carbonyl (C=O) groups excluding carboxylic acids is 3. The van der Waals surface area contributed by atoms with E-state index in [0.29, 0.717) is 12.3 Å². The van der Waals surface area contributed by atoms with Gasteiger partial charge < -0.3 is 25.0 Å². The molecule has 49 heavy (non-hydrogen) atoms. The third-order valence-corrected chi connectivity index (χ3v) is 9.93. The number of rotatable bonds is 12. The molecule has 4 amide bonds. The first-order valence-corrected chi connectivity index (χ1v) is 17.1. The lowest BCUT2D eigenvalue weighted by atomic mass is 9.99. The van der Waals surface area contributed by atoms with Gasteiger partial charge in [0.25, 0.3) is 0 Å². The van der Waals surface area contributed by atoms with Crippen molar-refractivity contribution in [1.82, 2.24) is 25.1 Å². The van der Waals surface area contributed by atoms with E-state index in [1.165, 1.54) is 5.01 Å². The van der Waals surface area contributed by atoms with Crippen LogP contribution < -0.4 is 10.1 Å². The maximum absolute atomic E-state index is 14.3. The van der Waals surface area contributed by atoms with Crippen molar-refractivity contribution < 1.29 is 24.2 Å². The Morgan fingerprint density at radius 1 is 1.06 bits per heavy atom. The smallest absolute Gasteiger partial charge is 0.332 e. The molecule has 0 spiro atoms. The number of benzene rings is 3. The van der Waals surface area contributed by atoms with Gasteiger partial charge >= 0.3 is 6.03 Å². The lowest BCUT2D eigenvalue weighted by Gasteiger charge is -2.46. The van der Waals surface area contributed by atoms with Crippen molar-refractivity contribution in [3.8, 4) is 5.75 Å². The standard InChI is InChI=1S/C37H39Cl2N5O5/c1-2-16-42(37(48)40-21-26-12-15-31(38)32(39)19-26)43-24-35(46)44-33(20-25-10-13-29(14-11-25)49-18-17-45)36(47)41(23-34(43)44)22-28-8-5-7-27-6-3-4-9-30(27)28/h2-15,19,31-34,45H,1,16-18,20-24H2,(H,40,48)/t31?,32?,33-,34+/m0/s1. The van der Waals surface area contributed by atoms with Crippen LogP contribution in [0.1, 0.15) is 11.1 Å². The maximum atomic E-state index is 14.3. The van der Waals surface area contributed by atoms with Crippen LogP contribution in [0.4, 0.5) is 4.79 Å². The predicted octanol–water partition coefficient (Wildman–Crippen LogP) is 4.46. The van der Waals surface area contributed by atoms with E-state index < -0.39 is 18.2 Å². The fourth-order valence-corrected chi connectivity index (χ4v) is 7.01. The zero-order valence-electron chi connectivity index (χ0n) is 27.0. The summed E-state index contributed by atoms with van der Waals surface area (Å²) >= 11 is 12.5. The van der Waals surface area contributed by atoms with E-state index in [0.717, 1.165) is 27.5 Å². The van der Waals surface area contributed by atoms with Crippen LogP contribution in [0, 0.1) is 0 Å². The van der Waals surface area contributed by atoms with Gasteiger partial charge in [0.15, 0.2) is 0 Å². The number of hydrogen-bond acceptors (Lipinski definition) is 6. The molecule has 2 heterocycles. The van der Waals surface area contributed by atoms with Gasteiger partial charge in [-0.25, -0.2) is 4.79 Å². The third-order valence-electron chi connectivity index (χ3n) is 8.98. The van der Waals surface area contributed by atoms with Crippen molar-refractivity contribution in [3.63, 3.8) is 0 Å². The summed E-state index contributed by atoms with van der Waals surface area (Å²) in [7, 11) is 0. The normalized spacial score (nSPS) is 22.2. The Labute approximate surface area is 295 Å². The second kappa shape index (κ2) is 15.5. The Bertz CT molecular complexity index is 1760. The average molecular weight is 705 g/mol. The molecule has 0 saturated carbocycles. The molecule has 2 N–H and O–H groups in total. The number of hydrogen-bond donors (Lipinski definition) is 2. The van der Waals surface area contributed by atoms with Crippen LogP contribution in [0.3, 0.4) is 0 Å². The van der Waals surface area contributed by atoms with Gasteiger partial charge in [-0.1, -0.05) is 78.9 Å². The minimum absolute atomic E-state index is 0.0773. The summed E-state index contributed by atoms with van der Waals surface area (Å²) in [5.74, 6) is 0.194. The summed E-state index contributed by atoms with van der Waals surface area (Å²) in [4.78, 5) is 45.3. The van der Waals surface area contributed by atoms with Gasteiger partial charge in [0, 0.05) is 19.5 Å². The Morgan fingerprint density at radius 2 is 1.84 bits per heavy atom. The van der Waals surface area contributed by atoms with E-state index in [1.54, 1.807) is 39.1 Å². The van der Waals surface area contributed by atoms with Gasteiger partial charge in [0.2, 0.25) is 11.8 Å². The van der Waals surface area contributed by atoms with E-state index in [9.17, 15) is 14.4 Å². The van der Waals surface area contributed by atoms with Gasteiger partial charge in [-0.15, -0.1) is 29.8 Å². The highest BCUT2D eigenvalue weighted by Crippen LogP contribution is 2.32. The molecule has 2 unspecified atom stereocenters. The van der Waals surface area contributed by atoms with Crippen molar-refractivity contribution in [2.75, 3.05) is 39.4 Å². The summed E-state index contributed by atoms with van der Waals surface area (Å²) < 4.78 is 5.51. The van der Waals surface area contributed by atoms with E-state index in [4.69, 9.17) is 33.0 Å². The van der Waals surface area contributed by atoms with E-state index in [1.807, 2.05) is 66.7 Å². The molecule has 2 aliphatic heterocycles. The third kappa shape index (κ3) is 7.63. The molecule has 3 aromatic rings. The summed E-state index contributed by atoms with van der Waals surface area (Å²) in [6, 6.07) is 20.2. The van der Waals surface area contributed by atoms with Crippen LogP contribution in [0.15, 0.2) is 103 Å². The van der Waals surface area contributed by atoms with Crippen molar-refractivity contribution in [2.24, 2.45) is 0 Å². The molecule has 10 nitrogen and oxygen atoms in total. The van der Waals surface area contributed by atoms with Crippen LogP contribution in [0.25, 0.3) is 10.8 Å². The van der Waals surface area contributed by atoms with Crippen LogP contribution in [-0.2, 0) is 22.6 Å². The topological polar surface area (TPSA) is 106 Å². The average Bonchev–Trinajstić information content (AvgIpc) is 3.43. The Balaban J connectivity index is 1.29. The van der Waals surface area contributed by atoms with Crippen molar-refractivity contribution in [2.45, 2.75) is 35.9 Å². The number of nitrogens with zero attached hydrogens (tertiary/aromatic N) is 4. The Kier molecular flexibility index (Phi) is 10.9. The number of hydrazine groups is 1. The number of aliphatic hydroxyl groups excluding tert-OH is 1. The van der Waals surface area contributed by atoms with Gasteiger partial charge in [-0.05, 0) is 39.6 Å². The fourth-order valence-electron chi connectivity index (χ4n) is 6.62. The van der Waals surface area contributed by atoms with Crippen LogP contribution in [0.5, 0.6) is 5.75 Å². The minimum atomic E-state index is -0.800. The number of piperazine rings is 1. The predicted molar refractivity (Wildman–Crippen MR) is 190 cm³/mol. The van der Waals surface area contributed by atoms with E-state index in [2.05, 4.69) is 11.9 Å². The summed E-state index contributed by atoms with van der Waals surface area (Å²) in [6.45, 7) is 4.78. The lowest BCUT2D eigenvalue weighted by molar-refractivity contribution is -0.157. The molecule has 0 radical (unpaired) electrons. The highest BCUT2D eigenvalue weighted by molar-refractivity contribution is 6.31. The first-order chi connectivity index (χ1) is 23.8. The second-order valence-corrected chi connectivity index (χ2v) is 13.2. The molecule has 3 aromatic carbocycles. The summed E-state index contributed by atoms with van der Waals surface area (Å²) in [5, 5.41) is 16.7. The zero-order valence-corrected chi connectivity index (χ0v) is 28.5. The van der Waals surface area contributed by atoms with Gasteiger partial charge in [-0.3, -0.25) is 14.6 Å². The van der Waals surface area contributed by atoms with Crippen LogP contribution >= 0.6 is 23.2 Å². The molecule has 2 fully saturated rings. The van der Waals surface area contributed by atoms with Crippen LogP contribution in [0.2, 0.25) is 0 Å². The molecule has 256 valence electrons. The molecule has 6 rings (SSSR count). The molecule has 12 heteroatoms. The van der Waals surface area contributed by atoms with Crippen LogP contribution in [-0.4, -0.2) is 105 Å². The largest absolute Gasteiger partial charge is 0.491 e. The number of ether oxygens (including phenoxy) is 1. The molecule has 4 atom stereocenters. The number of nitrogens with one attached hydrogen (secondary N) is 1. The summed E-state index contributed by atoms with van der Waals surface area (Å²) in [5.41, 5.74) is 2.66. The van der Waals surface area contributed by atoms with Gasteiger partial charge in [0.05, 0.1) is 37.0 Å². The molecule has 3 aliphatic rings. The highest BCUT2D eigenvalue weighted by atomic mass is 35.5. The van der Waals surface area contributed by atoms with E-state index in [-0.39, 0.29) is 68.4 Å². The fraction of sp³-hybridized carbons (Fsp3) is 0.324. The monoisotopic (exact) mass is 703 g/mol. The second-order valence-electron chi connectivity index (χ2n) is 12.2. The van der Waals surface area contributed by atoms with E-state index >= 15 is 0 Å². The number of urea groups is 1.